The predicted octanol–water partition coefficient (Wildman–Crippen LogP) is 3.47. The highest BCUT2D eigenvalue weighted by molar-refractivity contribution is 6.32. The van der Waals surface area contributed by atoms with Crippen molar-refractivity contribution in [1.82, 2.24) is 14.8 Å². The molecule has 0 fully saturated rings. The van der Waals surface area contributed by atoms with E-state index in [-0.39, 0.29) is 0 Å². The normalized spacial score (nSPS) is 10.2. The molecule has 3 aromatic rings. The molecule has 108 valence electrons. The lowest BCUT2D eigenvalue weighted by atomic mass is 10.1. The number of nitriles is 1. The highest BCUT2D eigenvalue weighted by atomic mass is 35.5. The number of nitrogens with zero attached hydrogens (tertiary/aromatic N) is 4. The molecule has 0 unspecified atom stereocenters. The van der Waals surface area contributed by atoms with E-state index in [0.717, 1.165) is 11.3 Å². The first kappa shape index (κ1) is 14.1. The Morgan fingerprint density at radius 3 is 2.82 bits per heavy atom. The fourth-order valence-corrected chi connectivity index (χ4v) is 2.32. The van der Waals surface area contributed by atoms with Crippen LogP contribution in [0.4, 0.5) is 0 Å². The Balaban J connectivity index is 2.11. The van der Waals surface area contributed by atoms with E-state index < -0.39 is 0 Å². The minimum atomic E-state index is 0.528. The molecule has 2 heterocycles. The molecule has 0 aliphatic heterocycles. The third-order valence-electron chi connectivity index (χ3n) is 3.18. The zero-order valence-electron chi connectivity index (χ0n) is 11.7. The Kier molecular flexibility index (Phi) is 3.77. The third kappa shape index (κ3) is 2.52. The van der Waals surface area contributed by atoms with E-state index in [0.29, 0.717) is 22.2 Å². The average molecular weight is 311 g/mol. The summed E-state index contributed by atoms with van der Waals surface area (Å²) in [5, 5.41) is 13.8. The molecular weight excluding hydrogens is 300 g/mol. The number of benzene rings is 1. The molecule has 0 saturated heterocycles. The van der Waals surface area contributed by atoms with Crippen LogP contribution >= 0.6 is 11.6 Å². The highest BCUT2D eigenvalue weighted by Gasteiger charge is 2.11. The van der Waals surface area contributed by atoms with Crippen LogP contribution in [0.3, 0.4) is 0 Å². The summed E-state index contributed by atoms with van der Waals surface area (Å²) in [5.74, 6) is 1.17. The molecule has 0 bridgehead atoms. The van der Waals surface area contributed by atoms with E-state index in [1.54, 1.807) is 42.4 Å². The van der Waals surface area contributed by atoms with Gasteiger partial charge in [0.25, 0.3) is 0 Å². The Morgan fingerprint density at radius 2 is 2.05 bits per heavy atom. The van der Waals surface area contributed by atoms with Crippen molar-refractivity contribution in [2.24, 2.45) is 0 Å². The molecule has 2 aromatic heterocycles. The summed E-state index contributed by atoms with van der Waals surface area (Å²) in [5.41, 5.74) is 2.25. The van der Waals surface area contributed by atoms with Gasteiger partial charge in [-0.1, -0.05) is 17.7 Å². The molecule has 5 nitrogen and oxygen atoms in total. The lowest BCUT2D eigenvalue weighted by molar-refractivity contribution is 0.415. The number of ether oxygens (including phenoxy) is 1. The Labute approximate surface area is 132 Å². The molecule has 0 N–H and O–H groups in total. The third-order valence-corrected chi connectivity index (χ3v) is 3.49. The van der Waals surface area contributed by atoms with Crippen molar-refractivity contribution in [3.63, 3.8) is 0 Å². The fraction of sp³-hybridized carbons (Fsp3) is 0.0625. The van der Waals surface area contributed by atoms with Crippen molar-refractivity contribution >= 4 is 11.6 Å². The first-order chi connectivity index (χ1) is 10.7. The van der Waals surface area contributed by atoms with Gasteiger partial charge in [0.15, 0.2) is 5.82 Å². The van der Waals surface area contributed by atoms with Gasteiger partial charge in [-0.3, -0.25) is 0 Å². The van der Waals surface area contributed by atoms with Crippen molar-refractivity contribution in [1.29, 1.82) is 5.26 Å². The minimum Gasteiger partial charge on any atom is -0.495 e. The summed E-state index contributed by atoms with van der Waals surface area (Å²) >= 11 is 6.06. The first-order valence-corrected chi connectivity index (χ1v) is 6.85. The monoisotopic (exact) mass is 310 g/mol. The number of pyridine rings is 1. The van der Waals surface area contributed by atoms with Gasteiger partial charge in [0.2, 0.25) is 0 Å². The van der Waals surface area contributed by atoms with Gasteiger partial charge in [0, 0.05) is 17.8 Å². The molecule has 6 heteroatoms. The summed E-state index contributed by atoms with van der Waals surface area (Å²) in [4.78, 5) is 4.27. The molecule has 0 radical (unpaired) electrons. The van der Waals surface area contributed by atoms with Gasteiger partial charge in [-0.05, 0) is 24.3 Å². The molecule has 0 aliphatic rings. The zero-order chi connectivity index (χ0) is 15.5. The van der Waals surface area contributed by atoms with Gasteiger partial charge in [0.05, 0.1) is 35.7 Å². The molecule has 0 aliphatic carbocycles. The first-order valence-electron chi connectivity index (χ1n) is 6.47. The molecule has 3 rings (SSSR count). The van der Waals surface area contributed by atoms with Crippen LogP contribution in [0.1, 0.15) is 5.56 Å². The molecule has 0 saturated carbocycles. The van der Waals surface area contributed by atoms with E-state index in [2.05, 4.69) is 16.2 Å². The summed E-state index contributed by atoms with van der Waals surface area (Å²) in [6, 6.07) is 12.8. The van der Waals surface area contributed by atoms with E-state index in [1.807, 2.05) is 18.2 Å². The van der Waals surface area contributed by atoms with Gasteiger partial charge in [-0.2, -0.15) is 10.4 Å². The van der Waals surface area contributed by atoms with Crippen LogP contribution < -0.4 is 4.74 Å². The number of hydrogen-bond donors (Lipinski definition) is 0. The molecule has 22 heavy (non-hydrogen) atoms. The topological polar surface area (TPSA) is 63.7 Å². The van der Waals surface area contributed by atoms with Gasteiger partial charge in [0.1, 0.15) is 5.75 Å². The maximum atomic E-state index is 9.01. The summed E-state index contributed by atoms with van der Waals surface area (Å²) in [6.45, 7) is 0. The number of rotatable bonds is 3. The summed E-state index contributed by atoms with van der Waals surface area (Å²) < 4.78 is 6.92. The van der Waals surface area contributed by atoms with Gasteiger partial charge in [-0.15, -0.1) is 0 Å². The number of hydrogen-bond acceptors (Lipinski definition) is 4. The van der Waals surface area contributed by atoms with Crippen LogP contribution in [0, 0.1) is 11.3 Å². The minimum absolute atomic E-state index is 0.528. The van der Waals surface area contributed by atoms with Crippen LogP contribution in [-0.2, 0) is 0 Å². The van der Waals surface area contributed by atoms with Gasteiger partial charge in [-0.25, -0.2) is 9.67 Å². The Bertz CT molecular complexity index is 867. The largest absolute Gasteiger partial charge is 0.495 e. The lowest BCUT2D eigenvalue weighted by Crippen LogP contribution is -2.02. The number of halogens is 1. The van der Waals surface area contributed by atoms with Crippen molar-refractivity contribution in [2.75, 3.05) is 7.11 Å². The average Bonchev–Trinajstić information content (AvgIpc) is 3.05. The van der Waals surface area contributed by atoms with Crippen LogP contribution in [-0.4, -0.2) is 21.9 Å². The van der Waals surface area contributed by atoms with Gasteiger partial charge >= 0.3 is 0 Å². The highest BCUT2D eigenvalue weighted by Crippen LogP contribution is 2.31. The van der Waals surface area contributed by atoms with Crippen molar-refractivity contribution in [2.45, 2.75) is 0 Å². The number of methoxy groups -OCH3 is 1. The van der Waals surface area contributed by atoms with Crippen LogP contribution in [0.5, 0.6) is 5.75 Å². The van der Waals surface area contributed by atoms with Crippen LogP contribution in [0.25, 0.3) is 17.1 Å². The zero-order valence-corrected chi connectivity index (χ0v) is 12.4. The quantitative estimate of drug-likeness (QED) is 0.743. The van der Waals surface area contributed by atoms with Crippen molar-refractivity contribution in [3.8, 4) is 28.9 Å². The van der Waals surface area contributed by atoms with Crippen LogP contribution in [0.2, 0.25) is 5.02 Å². The van der Waals surface area contributed by atoms with Crippen molar-refractivity contribution < 1.29 is 4.74 Å². The van der Waals surface area contributed by atoms with E-state index in [4.69, 9.17) is 21.6 Å². The summed E-state index contributed by atoms with van der Waals surface area (Å²) in [7, 11) is 1.57. The van der Waals surface area contributed by atoms with Crippen LogP contribution in [0.15, 0.2) is 48.8 Å². The Hall–Kier alpha value is -2.84. The molecular formula is C16H11ClN4O. The Morgan fingerprint density at radius 1 is 1.18 bits per heavy atom. The standard InChI is InChI=1S/C16H11ClN4O/c1-22-15-9-12(2-3-13(15)17)14-5-7-20-21(14)16-8-11(10-18)4-6-19-16/h2-9H,1H3. The van der Waals surface area contributed by atoms with Gasteiger partial charge < -0.3 is 4.74 Å². The van der Waals surface area contributed by atoms with Crippen molar-refractivity contribution in [3.05, 3.63) is 59.4 Å². The molecule has 0 atom stereocenters. The van der Waals surface area contributed by atoms with E-state index in [1.165, 1.54) is 0 Å². The predicted molar refractivity (Wildman–Crippen MR) is 83.1 cm³/mol. The second-order valence-corrected chi connectivity index (χ2v) is 4.90. The number of aromatic nitrogens is 3. The van der Waals surface area contributed by atoms with E-state index >= 15 is 0 Å². The fourth-order valence-electron chi connectivity index (χ4n) is 2.13. The second-order valence-electron chi connectivity index (χ2n) is 4.49. The maximum absolute atomic E-state index is 9.01. The van der Waals surface area contributed by atoms with E-state index in [9.17, 15) is 0 Å². The maximum Gasteiger partial charge on any atom is 0.155 e. The second kappa shape index (κ2) is 5.88. The lowest BCUT2D eigenvalue weighted by Gasteiger charge is -2.09. The molecule has 1 aromatic carbocycles. The SMILES string of the molecule is COc1cc(-c2ccnn2-c2cc(C#N)ccn2)ccc1Cl. The molecule has 0 spiro atoms. The molecule has 0 amide bonds. The summed E-state index contributed by atoms with van der Waals surface area (Å²) in [6.07, 6.45) is 3.26. The smallest absolute Gasteiger partial charge is 0.155 e.